The number of hydrogen-bond donors (Lipinski definition) is 1. The number of amides is 1. The Morgan fingerprint density at radius 1 is 1.32 bits per heavy atom. The van der Waals surface area contributed by atoms with Crippen LogP contribution < -0.4 is 0 Å². The quantitative estimate of drug-likeness (QED) is 0.879. The van der Waals surface area contributed by atoms with E-state index in [0.717, 1.165) is 16.3 Å². The molecule has 22 heavy (non-hydrogen) atoms. The lowest BCUT2D eigenvalue weighted by Crippen LogP contribution is -2.62. The Kier molecular flexibility index (Phi) is 3.33. The summed E-state index contributed by atoms with van der Waals surface area (Å²) >= 11 is 0. The van der Waals surface area contributed by atoms with Crippen LogP contribution in [0.3, 0.4) is 0 Å². The highest BCUT2D eigenvalue weighted by molar-refractivity contribution is 5.86. The van der Waals surface area contributed by atoms with E-state index in [0.29, 0.717) is 0 Å². The van der Waals surface area contributed by atoms with Crippen LogP contribution in [0.1, 0.15) is 26.3 Å². The fourth-order valence-corrected chi connectivity index (χ4v) is 2.74. The van der Waals surface area contributed by atoms with Gasteiger partial charge in [-0.05, 0) is 37.8 Å². The van der Waals surface area contributed by atoms with Crippen LogP contribution >= 0.6 is 0 Å². The molecule has 5 nitrogen and oxygen atoms in total. The molecule has 1 saturated heterocycles. The van der Waals surface area contributed by atoms with Crippen LogP contribution in [0.5, 0.6) is 0 Å². The second-order valence-corrected chi connectivity index (χ2v) is 6.77. The number of nitrogens with zero attached hydrogens (tertiary/aromatic N) is 2. The smallest absolute Gasteiger partial charge is 0.410 e. The fraction of sp³-hybridized carbons (Fsp3) is 0.412. The zero-order valence-electron chi connectivity index (χ0n) is 13.0. The van der Waals surface area contributed by atoms with Gasteiger partial charge < -0.3 is 14.7 Å². The van der Waals surface area contributed by atoms with Crippen LogP contribution in [0.15, 0.2) is 36.7 Å². The van der Waals surface area contributed by atoms with Crippen molar-refractivity contribution in [1.82, 2.24) is 9.88 Å². The zero-order valence-corrected chi connectivity index (χ0v) is 13.0. The minimum atomic E-state index is -1.03. The highest BCUT2D eigenvalue weighted by atomic mass is 16.6. The van der Waals surface area contributed by atoms with Gasteiger partial charge in [-0.1, -0.05) is 18.2 Å². The summed E-state index contributed by atoms with van der Waals surface area (Å²) in [5.41, 5.74) is -0.736. The van der Waals surface area contributed by atoms with Gasteiger partial charge in [0.2, 0.25) is 0 Å². The second-order valence-electron chi connectivity index (χ2n) is 6.77. The molecule has 3 rings (SSSR count). The lowest BCUT2D eigenvalue weighted by Gasteiger charge is -2.46. The molecule has 1 N–H and O–H groups in total. The third kappa shape index (κ3) is 2.64. The Hall–Kier alpha value is -2.14. The number of aromatic nitrogens is 1. The van der Waals surface area contributed by atoms with Crippen LogP contribution in [0, 0.1) is 0 Å². The maximum absolute atomic E-state index is 12.0. The number of benzene rings is 1. The van der Waals surface area contributed by atoms with E-state index in [4.69, 9.17) is 4.74 Å². The molecule has 1 aliphatic heterocycles. The van der Waals surface area contributed by atoms with E-state index in [9.17, 15) is 9.90 Å². The van der Waals surface area contributed by atoms with Crippen molar-refractivity contribution in [3.63, 3.8) is 0 Å². The Bertz CT molecular complexity index is 710. The number of fused-ring (bicyclic) bond motifs is 1. The Labute approximate surface area is 129 Å². The standard InChI is InChI=1S/C17H20N2O3/c1-16(2,3)22-15(20)19-10-17(21,11-19)14-6-4-5-12-9-18-8-7-13(12)14/h4-9,21H,10-11H2,1-3H3. The molecule has 2 aromatic rings. The molecule has 0 unspecified atom stereocenters. The number of likely N-dealkylation sites (tertiary alicyclic amines) is 1. The van der Waals surface area contributed by atoms with Gasteiger partial charge in [0, 0.05) is 17.8 Å². The molecule has 0 radical (unpaired) electrons. The molecule has 116 valence electrons. The van der Waals surface area contributed by atoms with Crippen LogP contribution in [-0.2, 0) is 10.3 Å². The number of β-amino-alcohol motifs (C(OH)–C–C–N with tert-alkyl or cyclic N) is 1. The first-order chi connectivity index (χ1) is 10.3. The zero-order chi connectivity index (χ0) is 16.0. The Morgan fingerprint density at radius 2 is 2.05 bits per heavy atom. The van der Waals surface area contributed by atoms with Crippen molar-refractivity contribution in [1.29, 1.82) is 0 Å². The van der Waals surface area contributed by atoms with Crippen molar-refractivity contribution in [3.8, 4) is 0 Å². The average Bonchev–Trinajstić information content (AvgIpc) is 2.41. The number of carbonyl (C=O) groups excluding carboxylic acids is 1. The molecule has 1 aromatic heterocycles. The highest BCUT2D eigenvalue weighted by Crippen LogP contribution is 2.36. The Morgan fingerprint density at radius 3 is 2.73 bits per heavy atom. The highest BCUT2D eigenvalue weighted by Gasteiger charge is 2.47. The number of hydrogen-bond acceptors (Lipinski definition) is 4. The molecule has 5 heteroatoms. The van der Waals surface area contributed by atoms with Crippen molar-refractivity contribution >= 4 is 16.9 Å². The van der Waals surface area contributed by atoms with Crippen LogP contribution in [0.2, 0.25) is 0 Å². The van der Waals surface area contributed by atoms with E-state index in [1.54, 1.807) is 12.4 Å². The number of pyridine rings is 1. The third-order valence-electron chi connectivity index (χ3n) is 3.74. The predicted octanol–water partition coefficient (Wildman–Crippen LogP) is 2.67. The van der Waals surface area contributed by atoms with Gasteiger partial charge >= 0.3 is 6.09 Å². The monoisotopic (exact) mass is 300 g/mol. The third-order valence-corrected chi connectivity index (χ3v) is 3.74. The van der Waals surface area contributed by atoms with E-state index in [2.05, 4.69) is 4.98 Å². The van der Waals surface area contributed by atoms with Gasteiger partial charge in [-0.3, -0.25) is 4.98 Å². The van der Waals surface area contributed by atoms with Crippen molar-refractivity contribution in [2.24, 2.45) is 0 Å². The molecule has 0 bridgehead atoms. The summed E-state index contributed by atoms with van der Waals surface area (Å²) in [5, 5.41) is 12.8. The van der Waals surface area contributed by atoms with E-state index >= 15 is 0 Å². The topological polar surface area (TPSA) is 62.7 Å². The molecule has 1 aliphatic rings. The van der Waals surface area contributed by atoms with E-state index < -0.39 is 11.2 Å². The molecular weight excluding hydrogens is 280 g/mol. The number of ether oxygens (including phenoxy) is 1. The Balaban J connectivity index is 1.81. The average molecular weight is 300 g/mol. The second kappa shape index (κ2) is 4.95. The van der Waals surface area contributed by atoms with Crippen molar-refractivity contribution < 1.29 is 14.6 Å². The van der Waals surface area contributed by atoms with Gasteiger partial charge in [0.15, 0.2) is 0 Å². The van der Waals surface area contributed by atoms with E-state index in [-0.39, 0.29) is 19.2 Å². The molecule has 2 heterocycles. The first-order valence-corrected chi connectivity index (χ1v) is 7.32. The van der Waals surface area contributed by atoms with Gasteiger partial charge in [-0.25, -0.2) is 4.79 Å². The molecule has 0 spiro atoms. The van der Waals surface area contributed by atoms with Gasteiger partial charge in [0.25, 0.3) is 0 Å². The summed E-state index contributed by atoms with van der Waals surface area (Å²) in [7, 11) is 0. The largest absolute Gasteiger partial charge is 0.444 e. The number of rotatable bonds is 1. The number of carbonyl (C=O) groups is 1. The molecular formula is C17H20N2O3. The summed E-state index contributed by atoms with van der Waals surface area (Å²) in [5.74, 6) is 0. The predicted molar refractivity (Wildman–Crippen MR) is 83.4 cm³/mol. The summed E-state index contributed by atoms with van der Waals surface area (Å²) < 4.78 is 5.32. The van der Waals surface area contributed by atoms with Crippen LogP contribution in [0.25, 0.3) is 10.8 Å². The maximum atomic E-state index is 12.0. The number of aliphatic hydroxyl groups is 1. The maximum Gasteiger partial charge on any atom is 0.410 e. The summed E-state index contributed by atoms with van der Waals surface area (Å²) in [6, 6.07) is 7.64. The lowest BCUT2D eigenvalue weighted by molar-refractivity contribution is -0.102. The molecule has 1 amide bonds. The van der Waals surface area contributed by atoms with Crippen molar-refractivity contribution in [2.75, 3.05) is 13.1 Å². The minimum absolute atomic E-state index is 0.239. The van der Waals surface area contributed by atoms with Gasteiger partial charge in [0.1, 0.15) is 11.2 Å². The molecule has 1 aromatic carbocycles. The lowest BCUT2D eigenvalue weighted by atomic mass is 9.84. The molecule has 0 saturated carbocycles. The SMILES string of the molecule is CC(C)(C)OC(=O)N1CC(O)(c2cccc3cnccc23)C1. The summed E-state index contributed by atoms with van der Waals surface area (Å²) in [6.45, 7) is 5.96. The minimum Gasteiger partial charge on any atom is -0.444 e. The summed E-state index contributed by atoms with van der Waals surface area (Å²) in [6.07, 6.45) is 3.09. The van der Waals surface area contributed by atoms with Crippen LogP contribution in [-0.4, -0.2) is 39.8 Å². The van der Waals surface area contributed by atoms with E-state index in [1.165, 1.54) is 4.90 Å². The van der Waals surface area contributed by atoms with Gasteiger partial charge in [-0.2, -0.15) is 0 Å². The molecule has 1 fully saturated rings. The normalized spacial score (nSPS) is 17.2. The van der Waals surface area contributed by atoms with Crippen molar-refractivity contribution in [3.05, 3.63) is 42.2 Å². The first-order valence-electron chi connectivity index (χ1n) is 7.32. The molecule has 0 aliphatic carbocycles. The fourth-order valence-electron chi connectivity index (χ4n) is 2.74. The van der Waals surface area contributed by atoms with Crippen LogP contribution in [0.4, 0.5) is 4.79 Å². The summed E-state index contributed by atoms with van der Waals surface area (Å²) in [4.78, 5) is 17.6. The van der Waals surface area contributed by atoms with E-state index in [1.807, 2.05) is 45.0 Å². The van der Waals surface area contributed by atoms with Crippen molar-refractivity contribution in [2.45, 2.75) is 32.0 Å². The first kappa shape index (κ1) is 14.8. The molecule has 0 atom stereocenters. The van der Waals surface area contributed by atoms with Gasteiger partial charge in [-0.15, -0.1) is 0 Å². The van der Waals surface area contributed by atoms with Gasteiger partial charge in [0.05, 0.1) is 13.1 Å².